The van der Waals surface area contributed by atoms with Crippen LogP contribution < -0.4 is 5.32 Å². The average Bonchev–Trinajstić information content (AvgIpc) is 2.50. The Morgan fingerprint density at radius 1 is 1.00 bits per heavy atom. The summed E-state index contributed by atoms with van der Waals surface area (Å²) < 4.78 is 1.14. The lowest BCUT2D eigenvalue weighted by Crippen LogP contribution is -2.23. The molecule has 112 valence electrons. The van der Waals surface area contributed by atoms with Crippen LogP contribution in [-0.4, -0.2) is 6.54 Å². The zero-order valence-electron chi connectivity index (χ0n) is 12.9. The van der Waals surface area contributed by atoms with Crippen LogP contribution in [0.2, 0.25) is 0 Å². The van der Waals surface area contributed by atoms with Crippen LogP contribution in [-0.2, 0) is 12.8 Å². The monoisotopic (exact) mass is 345 g/mol. The smallest absolute Gasteiger partial charge is 0.0360 e. The van der Waals surface area contributed by atoms with Gasteiger partial charge in [-0.2, -0.15) is 0 Å². The van der Waals surface area contributed by atoms with Crippen molar-refractivity contribution in [1.29, 1.82) is 0 Å². The third-order valence-corrected chi connectivity index (χ3v) is 4.22. The molecule has 0 aliphatic carbocycles. The van der Waals surface area contributed by atoms with Crippen molar-refractivity contribution in [2.24, 2.45) is 0 Å². The number of likely N-dealkylation sites (N-methyl/N-ethyl adjacent to an activating group) is 1. The minimum absolute atomic E-state index is 0.382. The van der Waals surface area contributed by atoms with E-state index in [1.54, 1.807) is 0 Å². The highest BCUT2D eigenvalue weighted by Crippen LogP contribution is 2.21. The summed E-state index contributed by atoms with van der Waals surface area (Å²) in [4.78, 5) is 0. The second-order valence-corrected chi connectivity index (χ2v) is 6.35. The van der Waals surface area contributed by atoms with E-state index in [2.05, 4.69) is 83.6 Å². The van der Waals surface area contributed by atoms with Gasteiger partial charge in [0.05, 0.1) is 0 Å². The molecule has 0 aromatic heterocycles. The molecule has 0 heterocycles. The van der Waals surface area contributed by atoms with Gasteiger partial charge in [-0.05, 0) is 48.2 Å². The lowest BCUT2D eigenvalue weighted by Gasteiger charge is -2.19. The molecule has 2 rings (SSSR count). The van der Waals surface area contributed by atoms with Gasteiger partial charge in [0.1, 0.15) is 0 Å². The van der Waals surface area contributed by atoms with Gasteiger partial charge >= 0.3 is 0 Å². The molecule has 0 aliphatic heterocycles. The molecule has 0 aliphatic rings. The van der Waals surface area contributed by atoms with Crippen LogP contribution in [0, 0.1) is 0 Å². The van der Waals surface area contributed by atoms with Crippen molar-refractivity contribution < 1.29 is 0 Å². The van der Waals surface area contributed by atoms with E-state index in [4.69, 9.17) is 0 Å². The third kappa shape index (κ3) is 4.98. The molecule has 1 N–H and O–H groups in total. The number of halogens is 1. The van der Waals surface area contributed by atoms with Gasteiger partial charge in [0.15, 0.2) is 0 Å². The van der Waals surface area contributed by atoms with Crippen molar-refractivity contribution in [1.82, 2.24) is 5.32 Å². The van der Waals surface area contributed by atoms with E-state index in [1.807, 2.05) is 0 Å². The summed E-state index contributed by atoms with van der Waals surface area (Å²) in [6.07, 6.45) is 3.38. The molecule has 1 nitrogen and oxygen atoms in total. The van der Waals surface area contributed by atoms with E-state index in [1.165, 1.54) is 23.1 Å². The Balaban J connectivity index is 2.17. The number of benzene rings is 2. The Hall–Kier alpha value is -1.12. The Kier molecular flexibility index (Phi) is 6.47. The number of nitrogens with one attached hydrogen (secondary N) is 1. The number of hydrogen-bond acceptors (Lipinski definition) is 1. The molecular formula is C19H24BrN. The molecule has 0 spiro atoms. The molecule has 2 aromatic carbocycles. The highest BCUT2D eigenvalue weighted by atomic mass is 79.9. The molecular weight excluding hydrogens is 322 g/mol. The van der Waals surface area contributed by atoms with Crippen molar-refractivity contribution >= 4 is 15.9 Å². The first-order valence-corrected chi connectivity index (χ1v) is 8.59. The fourth-order valence-corrected chi connectivity index (χ4v) is 2.93. The number of aryl methyl sites for hydroxylation is 1. The standard InChI is InChI=1S/C19H24BrN/c1-3-6-15-7-5-8-17(13-15)19(21-4-2)14-16-9-11-18(20)12-10-16/h5,7-13,19,21H,3-4,6,14H2,1-2H3. The molecule has 0 amide bonds. The summed E-state index contributed by atoms with van der Waals surface area (Å²) in [5.41, 5.74) is 4.20. The molecule has 0 saturated carbocycles. The maximum Gasteiger partial charge on any atom is 0.0360 e. The molecule has 0 radical (unpaired) electrons. The predicted octanol–water partition coefficient (Wildman–Crippen LogP) is 5.29. The first kappa shape index (κ1) is 16.3. The fraction of sp³-hybridized carbons (Fsp3) is 0.368. The lowest BCUT2D eigenvalue weighted by atomic mass is 9.96. The minimum Gasteiger partial charge on any atom is -0.310 e. The van der Waals surface area contributed by atoms with Gasteiger partial charge < -0.3 is 5.32 Å². The Labute approximate surface area is 136 Å². The summed E-state index contributed by atoms with van der Waals surface area (Å²) in [6.45, 7) is 5.39. The molecule has 0 bridgehead atoms. The van der Waals surface area contributed by atoms with Gasteiger partial charge in [-0.3, -0.25) is 0 Å². The summed E-state index contributed by atoms with van der Waals surface area (Å²) in [6, 6.07) is 18.0. The van der Waals surface area contributed by atoms with Crippen molar-refractivity contribution in [3.05, 3.63) is 69.7 Å². The molecule has 1 unspecified atom stereocenters. The van der Waals surface area contributed by atoms with Gasteiger partial charge in [-0.15, -0.1) is 0 Å². The van der Waals surface area contributed by atoms with Crippen LogP contribution in [0.15, 0.2) is 53.0 Å². The van der Waals surface area contributed by atoms with Crippen LogP contribution in [0.1, 0.15) is 43.0 Å². The van der Waals surface area contributed by atoms with Crippen LogP contribution in [0.4, 0.5) is 0 Å². The molecule has 0 fully saturated rings. The largest absolute Gasteiger partial charge is 0.310 e. The van der Waals surface area contributed by atoms with Crippen molar-refractivity contribution in [3.63, 3.8) is 0 Å². The van der Waals surface area contributed by atoms with E-state index in [-0.39, 0.29) is 0 Å². The Morgan fingerprint density at radius 2 is 1.76 bits per heavy atom. The predicted molar refractivity (Wildman–Crippen MR) is 94.7 cm³/mol. The van der Waals surface area contributed by atoms with Crippen molar-refractivity contribution in [3.8, 4) is 0 Å². The Bertz CT molecular complexity index is 548. The summed E-state index contributed by atoms with van der Waals surface area (Å²) in [5, 5.41) is 3.62. The van der Waals surface area contributed by atoms with E-state index >= 15 is 0 Å². The second kappa shape index (κ2) is 8.35. The van der Waals surface area contributed by atoms with Crippen molar-refractivity contribution in [2.45, 2.75) is 39.2 Å². The molecule has 1 atom stereocenters. The summed E-state index contributed by atoms with van der Waals surface area (Å²) >= 11 is 3.50. The summed E-state index contributed by atoms with van der Waals surface area (Å²) in [5.74, 6) is 0. The first-order valence-electron chi connectivity index (χ1n) is 7.79. The topological polar surface area (TPSA) is 12.0 Å². The SMILES string of the molecule is CCCc1cccc(C(Cc2ccc(Br)cc2)NCC)c1. The highest BCUT2D eigenvalue weighted by molar-refractivity contribution is 9.10. The third-order valence-electron chi connectivity index (χ3n) is 3.70. The number of rotatable bonds is 7. The first-order chi connectivity index (χ1) is 10.2. The minimum atomic E-state index is 0.382. The average molecular weight is 346 g/mol. The van der Waals surface area contributed by atoms with Crippen LogP contribution in [0.25, 0.3) is 0 Å². The Morgan fingerprint density at radius 3 is 2.43 bits per heavy atom. The van der Waals surface area contributed by atoms with E-state index in [9.17, 15) is 0 Å². The van der Waals surface area contributed by atoms with E-state index < -0.39 is 0 Å². The zero-order chi connectivity index (χ0) is 15.1. The quantitative estimate of drug-likeness (QED) is 0.718. The van der Waals surface area contributed by atoms with Gasteiger partial charge in [0.2, 0.25) is 0 Å². The van der Waals surface area contributed by atoms with Gasteiger partial charge in [-0.1, -0.05) is 72.6 Å². The highest BCUT2D eigenvalue weighted by Gasteiger charge is 2.11. The zero-order valence-corrected chi connectivity index (χ0v) is 14.5. The van der Waals surface area contributed by atoms with E-state index in [0.29, 0.717) is 6.04 Å². The fourth-order valence-electron chi connectivity index (χ4n) is 2.66. The van der Waals surface area contributed by atoms with Crippen LogP contribution in [0.3, 0.4) is 0 Å². The van der Waals surface area contributed by atoms with Gasteiger partial charge in [0, 0.05) is 10.5 Å². The molecule has 0 saturated heterocycles. The lowest BCUT2D eigenvalue weighted by molar-refractivity contribution is 0.549. The van der Waals surface area contributed by atoms with Gasteiger partial charge in [0.25, 0.3) is 0 Å². The van der Waals surface area contributed by atoms with Crippen LogP contribution >= 0.6 is 15.9 Å². The second-order valence-electron chi connectivity index (χ2n) is 5.44. The number of hydrogen-bond donors (Lipinski definition) is 1. The van der Waals surface area contributed by atoms with Crippen molar-refractivity contribution in [2.75, 3.05) is 6.54 Å². The van der Waals surface area contributed by atoms with Gasteiger partial charge in [-0.25, -0.2) is 0 Å². The summed E-state index contributed by atoms with van der Waals surface area (Å²) in [7, 11) is 0. The van der Waals surface area contributed by atoms with E-state index in [0.717, 1.165) is 23.9 Å². The van der Waals surface area contributed by atoms with Crippen LogP contribution in [0.5, 0.6) is 0 Å². The maximum atomic E-state index is 3.62. The molecule has 21 heavy (non-hydrogen) atoms. The normalized spacial score (nSPS) is 12.3. The molecule has 2 heteroatoms. The maximum absolute atomic E-state index is 3.62. The molecule has 2 aromatic rings.